The van der Waals surface area contributed by atoms with E-state index < -0.39 is 24.1 Å². The topological polar surface area (TPSA) is 195 Å². The zero-order chi connectivity index (χ0) is 50.8. The zero-order valence-corrected chi connectivity index (χ0v) is 40.0. The van der Waals surface area contributed by atoms with Gasteiger partial charge < -0.3 is 43.2 Å². The summed E-state index contributed by atoms with van der Waals surface area (Å²) in [4.78, 5) is 59.3. The molecule has 5 aromatic carbocycles. The number of benzene rings is 5. The van der Waals surface area contributed by atoms with E-state index in [2.05, 4.69) is 22.5 Å². The van der Waals surface area contributed by atoms with E-state index >= 15 is 0 Å². The molecule has 5 aromatic rings. The maximum Gasteiger partial charge on any atom is 0.411 e. The number of hydrogen-bond acceptors (Lipinski definition) is 14. The molecule has 0 fully saturated rings. The van der Waals surface area contributed by atoms with Crippen LogP contribution in [0.1, 0.15) is 48.6 Å². The molecule has 0 saturated heterocycles. The number of esters is 2. The van der Waals surface area contributed by atoms with Crippen LogP contribution < -0.4 is 25.4 Å². The standard InChI is InChI=1S/C55H57N3O13/c1-38(2)65-32-47(34-67-40(4)61)28-43-12-22-52(23-13-43)69-35-48(36-71-55(63)58-51-18-6-41(7-19-51)26-46(29-64-37-59)33-66-39(3)60)27-42-8-20-50(21-9-42)57-54(62)70-31-45-14-24-53(25-15-45)68-30-44-10-16-49(56-5)17-11-44/h6-28,37,56H,1,29-36H2,2-5H3,(H,57,62)(H,58,63)/b46-26-,47-28+,48-27+. The van der Waals surface area contributed by atoms with E-state index in [0.29, 0.717) is 58.4 Å². The minimum Gasteiger partial charge on any atom is -0.494 e. The average molecular weight is 968 g/mol. The fourth-order valence-electron chi connectivity index (χ4n) is 6.22. The average Bonchev–Trinajstić information content (AvgIpc) is 3.37. The summed E-state index contributed by atoms with van der Waals surface area (Å²) in [5.41, 5.74) is 7.93. The first-order valence-corrected chi connectivity index (χ1v) is 22.3. The number of carbonyl (C=O) groups is 5. The lowest BCUT2D eigenvalue weighted by atomic mass is 10.1. The Morgan fingerprint density at radius 1 is 0.465 bits per heavy atom. The molecule has 0 aliphatic rings. The van der Waals surface area contributed by atoms with E-state index in [-0.39, 0.29) is 46.2 Å². The fraction of sp³-hybridized carbons (Fsp3) is 0.218. The largest absolute Gasteiger partial charge is 0.494 e. The predicted molar refractivity (Wildman–Crippen MR) is 270 cm³/mol. The normalized spacial score (nSPS) is 11.3. The molecule has 3 N–H and O–H groups in total. The van der Waals surface area contributed by atoms with E-state index in [4.69, 9.17) is 37.9 Å². The van der Waals surface area contributed by atoms with Gasteiger partial charge in [0.05, 0.1) is 5.76 Å². The Bertz CT molecular complexity index is 2620. The number of carbonyl (C=O) groups excluding carboxylic acids is 5. The van der Waals surface area contributed by atoms with Crippen molar-refractivity contribution in [1.82, 2.24) is 0 Å². The number of amides is 2. The van der Waals surface area contributed by atoms with E-state index in [1.165, 1.54) is 13.8 Å². The van der Waals surface area contributed by atoms with Crippen molar-refractivity contribution in [3.8, 4) is 11.5 Å². The number of anilines is 3. The number of allylic oxidation sites excluding steroid dienone is 1. The van der Waals surface area contributed by atoms with Gasteiger partial charge in [0.2, 0.25) is 0 Å². The Labute approximate surface area is 412 Å². The van der Waals surface area contributed by atoms with Gasteiger partial charge in [-0.05, 0) is 114 Å². The quantitative estimate of drug-likeness (QED) is 0.0205. The SMILES string of the molecule is C=C(C)OC/C(=C\c1ccc(OC/C(=C\c2ccc(NC(=O)OCc3ccc(OCc4ccc(NC)cc4)cc3)cc2)COC(=O)Nc2ccc(/C=C(/COC=O)COC(C)=O)cc2)cc1)COC(C)=O. The first-order valence-electron chi connectivity index (χ1n) is 22.3. The smallest absolute Gasteiger partial charge is 0.411 e. The molecule has 0 aliphatic carbocycles. The van der Waals surface area contributed by atoms with Crippen LogP contribution in [0.3, 0.4) is 0 Å². The summed E-state index contributed by atoms with van der Waals surface area (Å²) in [5, 5.41) is 8.54. The molecule has 0 unspecified atom stereocenters. The van der Waals surface area contributed by atoms with Gasteiger partial charge in [0.25, 0.3) is 6.47 Å². The number of rotatable bonds is 26. The molecule has 71 heavy (non-hydrogen) atoms. The third-order valence-electron chi connectivity index (χ3n) is 9.82. The summed E-state index contributed by atoms with van der Waals surface area (Å²) in [7, 11) is 1.87. The summed E-state index contributed by atoms with van der Waals surface area (Å²) >= 11 is 0. The summed E-state index contributed by atoms with van der Waals surface area (Å²) in [6, 6.07) is 36.3. The Balaban J connectivity index is 1.20. The summed E-state index contributed by atoms with van der Waals surface area (Å²) in [5.74, 6) is 0.872. The summed E-state index contributed by atoms with van der Waals surface area (Å²) in [6.07, 6.45) is 4.02. The van der Waals surface area contributed by atoms with Gasteiger partial charge in [-0.2, -0.15) is 0 Å². The molecule has 0 aromatic heterocycles. The molecule has 0 spiro atoms. The second kappa shape index (κ2) is 28.5. The number of ether oxygens (including phenoxy) is 8. The van der Waals surface area contributed by atoms with Gasteiger partial charge in [-0.15, -0.1) is 0 Å². The minimum absolute atomic E-state index is 0.0430. The van der Waals surface area contributed by atoms with Crippen LogP contribution >= 0.6 is 0 Å². The molecular weight excluding hydrogens is 911 g/mol. The van der Waals surface area contributed by atoms with Gasteiger partial charge in [0.1, 0.15) is 64.4 Å². The van der Waals surface area contributed by atoms with Gasteiger partial charge in [-0.1, -0.05) is 67.2 Å². The van der Waals surface area contributed by atoms with Gasteiger partial charge in [-0.3, -0.25) is 25.0 Å². The van der Waals surface area contributed by atoms with Gasteiger partial charge >= 0.3 is 24.1 Å². The Kier molecular flexibility index (Phi) is 21.4. The first kappa shape index (κ1) is 53.2. The van der Waals surface area contributed by atoms with Crippen LogP contribution in [0.2, 0.25) is 0 Å². The molecule has 16 nitrogen and oxygen atoms in total. The highest BCUT2D eigenvalue weighted by molar-refractivity contribution is 5.85. The first-order chi connectivity index (χ1) is 34.3. The van der Waals surface area contributed by atoms with Crippen molar-refractivity contribution in [3.63, 3.8) is 0 Å². The monoisotopic (exact) mass is 967 g/mol. The molecule has 370 valence electrons. The Hall–Kier alpha value is -8.79. The molecule has 0 bridgehead atoms. The molecular formula is C55H57N3O13. The van der Waals surface area contributed by atoms with Crippen LogP contribution in [-0.2, 0) is 56.0 Å². The molecule has 0 saturated carbocycles. The lowest BCUT2D eigenvalue weighted by Crippen LogP contribution is -2.17. The van der Waals surface area contributed by atoms with Crippen LogP contribution in [0.4, 0.5) is 26.7 Å². The van der Waals surface area contributed by atoms with Gasteiger partial charge in [0, 0.05) is 54.7 Å². The third kappa shape index (κ3) is 20.5. The molecule has 16 heteroatoms. The maximum absolute atomic E-state index is 13.0. The summed E-state index contributed by atoms with van der Waals surface area (Å²) < 4.78 is 43.7. The lowest BCUT2D eigenvalue weighted by molar-refractivity contribution is -0.141. The van der Waals surface area contributed by atoms with Crippen LogP contribution in [0, 0.1) is 0 Å². The van der Waals surface area contributed by atoms with Crippen molar-refractivity contribution in [2.45, 2.75) is 34.0 Å². The Morgan fingerprint density at radius 2 is 0.873 bits per heavy atom. The van der Waals surface area contributed by atoms with Gasteiger partial charge in [-0.25, -0.2) is 9.59 Å². The van der Waals surface area contributed by atoms with Crippen molar-refractivity contribution >= 4 is 65.9 Å². The number of nitrogens with one attached hydrogen (secondary N) is 3. The van der Waals surface area contributed by atoms with Crippen LogP contribution in [0.25, 0.3) is 18.2 Å². The minimum atomic E-state index is -0.723. The van der Waals surface area contributed by atoms with Crippen molar-refractivity contribution in [1.29, 1.82) is 0 Å². The van der Waals surface area contributed by atoms with Crippen molar-refractivity contribution in [2.75, 3.05) is 62.6 Å². The number of hydrogen-bond donors (Lipinski definition) is 3. The van der Waals surface area contributed by atoms with Crippen LogP contribution in [0.5, 0.6) is 11.5 Å². The lowest BCUT2D eigenvalue weighted by Gasteiger charge is -2.13. The van der Waals surface area contributed by atoms with E-state index in [0.717, 1.165) is 33.5 Å². The maximum atomic E-state index is 13.0. The zero-order valence-electron chi connectivity index (χ0n) is 40.0. The molecule has 0 atom stereocenters. The van der Waals surface area contributed by atoms with E-state index in [9.17, 15) is 24.0 Å². The third-order valence-corrected chi connectivity index (χ3v) is 9.82. The van der Waals surface area contributed by atoms with Crippen LogP contribution in [0.15, 0.2) is 150 Å². The van der Waals surface area contributed by atoms with Gasteiger partial charge in [0.15, 0.2) is 0 Å². The van der Waals surface area contributed by atoms with Crippen molar-refractivity contribution in [3.05, 3.63) is 178 Å². The molecule has 0 radical (unpaired) electrons. The van der Waals surface area contributed by atoms with E-state index in [1.807, 2.05) is 79.9 Å². The second-order valence-corrected chi connectivity index (χ2v) is 15.7. The summed E-state index contributed by atoms with van der Waals surface area (Å²) in [6.45, 7) is 8.94. The molecule has 0 heterocycles. The molecule has 2 amide bonds. The van der Waals surface area contributed by atoms with Crippen molar-refractivity contribution < 1.29 is 61.9 Å². The highest BCUT2D eigenvalue weighted by Gasteiger charge is 2.11. The Morgan fingerprint density at radius 3 is 1.38 bits per heavy atom. The second-order valence-electron chi connectivity index (χ2n) is 15.7. The van der Waals surface area contributed by atoms with Crippen LogP contribution in [-0.4, -0.2) is 77.3 Å². The van der Waals surface area contributed by atoms with Crippen molar-refractivity contribution in [2.24, 2.45) is 0 Å². The molecule has 0 aliphatic heterocycles. The molecule has 5 rings (SSSR count). The highest BCUT2D eigenvalue weighted by Crippen LogP contribution is 2.21. The predicted octanol–water partition coefficient (Wildman–Crippen LogP) is 10.4. The fourth-order valence-corrected chi connectivity index (χ4v) is 6.22. The van der Waals surface area contributed by atoms with E-state index in [1.54, 1.807) is 73.7 Å². The highest BCUT2D eigenvalue weighted by atomic mass is 16.6.